The maximum Gasteiger partial charge on any atom is 0.253 e. The lowest BCUT2D eigenvalue weighted by Crippen LogP contribution is -2.36. The lowest BCUT2D eigenvalue weighted by atomic mass is 10.2. The zero-order valence-electron chi connectivity index (χ0n) is 8.10. The van der Waals surface area contributed by atoms with Crippen molar-refractivity contribution in [2.75, 3.05) is 6.54 Å². The van der Waals surface area contributed by atoms with Crippen molar-refractivity contribution < 1.29 is 4.79 Å². The fourth-order valence-electron chi connectivity index (χ4n) is 0.895. The van der Waals surface area contributed by atoms with E-state index in [4.69, 9.17) is 5.73 Å². The Labute approximate surface area is 82.7 Å². The van der Waals surface area contributed by atoms with Gasteiger partial charge >= 0.3 is 0 Å². The van der Waals surface area contributed by atoms with Crippen LogP contribution in [0.3, 0.4) is 0 Å². The Morgan fingerprint density at radius 3 is 3.00 bits per heavy atom. The molecule has 0 fully saturated rings. The normalized spacial score (nSPS) is 12.1. The molecule has 0 bridgehead atoms. The summed E-state index contributed by atoms with van der Waals surface area (Å²) in [4.78, 5) is 11.4. The second-order valence-electron chi connectivity index (χ2n) is 3.01. The first-order valence-electron chi connectivity index (χ1n) is 4.54. The topological polar surface area (TPSA) is 80.9 Å². The Kier molecular flexibility index (Phi) is 4.00. The van der Waals surface area contributed by atoms with Gasteiger partial charge in [-0.15, -0.1) is 0 Å². The van der Waals surface area contributed by atoms with Crippen LogP contribution >= 0.6 is 0 Å². The summed E-state index contributed by atoms with van der Waals surface area (Å²) in [6.45, 7) is 2.46. The summed E-state index contributed by atoms with van der Waals surface area (Å²) in [5, 5.41) is 9.91. The predicted octanol–water partition coefficient (Wildman–Crippen LogP) is -0.0563. The van der Waals surface area contributed by atoms with Crippen molar-refractivity contribution in [3.63, 3.8) is 0 Å². The molecule has 0 radical (unpaired) electrons. The highest BCUT2D eigenvalue weighted by Gasteiger charge is 2.06. The third kappa shape index (κ3) is 3.10. The molecule has 1 amide bonds. The number of aromatic nitrogens is 2. The highest BCUT2D eigenvalue weighted by Crippen LogP contribution is 1.93. The van der Waals surface area contributed by atoms with Gasteiger partial charge in [0.25, 0.3) is 5.91 Å². The van der Waals surface area contributed by atoms with E-state index in [2.05, 4.69) is 15.5 Å². The van der Waals surface area contributed by atoms with Crippen molar-refractivity contribution in [1.29, 1.82) is 0 Å². The van der Waals surface area contributed by atoms with Crippen molar-refractivity contribution in [2.24, 2.45) is 5.73 Å². The lowest BCUT2D eigenvalue weighted by molar-refractivity contribution is 0.0950. The summed E-state index contributed by atoms with van der Waals surface area (Å²) in [6.07, 6.45) is 3.75. The van der Waals surface area contributed by atoms with Crippen LogP contribution in [0.15, 0.2) is 18.5 Å². The number of hydrogen-bond acceptors (Lipinski definition) is 4. The van der Waals surface area contributed by atoms with Crippen LogP contribution < -0.4 is 11.1 Å². The third-order valence-electron chi connectivity index (χ3n) is 1.90. The Morgan fingerprint density at radius 1 is 1.64 bits per heavy atom. The Morgan fingerprint density at radius 2 is 2.43 bits per heavy atom. The van der Waals surface area contributed by atoms with Crippen molar-refractivity contribution >= 4 is 5.91 Å². The summed E-state index contributed by atoms with van der Waals surface area (Å²) in [5.41, 5.74) is 6.16. The number of nitrogens with zero attached hydrogens (tertiary/aromatic N) is 2. The van der Waals surface area contributed by atoms with Gasteiger partial charge < -0.3 is 11.1 Å². The van der Waals surface area contributed by atoms with E-state index in [-0.39, 0.29) is 11.9 Å². The molecule has 76 valence electrons. The lowest BCUT2D eigenvalue weighted by Gasteiger charge is -2.09. The molecular weight excluding hydrogens is 180 g/mol. The maximum absolute atomic E-state index is 11.4. The minimum atomic E-state index is -0.163. The molecule has 0 saturated carbocycles. The first kappa shape index (κ1) is 10.6. The SMILES string of the molecule is CCC(N)CNC(=O)c1ccnnc1. The minimum absolute atomic E-state index is 0.00810. The number of carbonyl (C=O) groups excluding carboxylic acids is 1. The van der Waals surface area contributed by atoms with Gasteiger partial charge in [0.15, 0.2) is 0 Å². The quantitative estimate of drug-likeness (QED) is 0.703. The number of rotatable bonds is 4. The van der Waals surface area contributed by atoms with Gasteiger partial charge in [0.2, 0.25) is 0 Å². The molecule has 1 unspecified atom stereocenters. The second-order valence-corrected chi connectivity index (χ2v) is 3.01. The molecule has 1 heterocycles. The molecule has 1 atom stereocenters. The predicted molar refractivity (Wildman–Crippen MR) is 52.6 cm³/mol. The first-order chi connectivity index (χ1) is 6.74. The van der Waals surface area contributed by atoms with E-state index in [1.807, 2.05) is 6.92 Å². The average Bonchev–Trinajstić information content (AvgIpc) is 2.26. The van der Waals surface area contributed by atoms with Crippen LogP contribution in [0.2, 0.25) is 0 Å². The Hall–Kier alpha value is -1.49. The molecule has 1 aromatic rings. The molecule has 5 heteroatoms. The Balaban J connectivity index is 2.44. The zero-order valence-corrected chi connectivity index (χ0v) is 8.10. The summed E-state index contributed by atoms with van der Waals surface area (Å²) >= 11 is 0. The molecular formula is C9H14N4O. The van der Waals surface area contributed by atoms with Gasteiger partial charge in [0, 0.05) is 12.6 Å². The van der Waals surface area contributed by atoms with Crippen molar-refractivity contribution in [1.82, 2.24) is 15.5 Å². The highest BCUT2D eigenvalue weighted by molar-refractivity contribution is 5.93. The maximum atomic E-state index is 11.4. The van der Waals surface area contributed by atoms with Crippen LogP contribution in [0, 0.1) is 0 Å². The minimum Gasteiger partial charge on any atom is -0.350 e. The molecule has 0 aliphatic heterocycles. The Bertz CT molecular complexity index is 288. The van der Waals surface area contributed by atoms with E-state index in [9.17, 15) is 4.79 Å². The van der Waals surface area contributed by atoms with Gasteiger partial charge in [-0.1, -0.05) is 6.92 Å². The smallest absolute Gasteiger partial charge is 0.253 e. The van der Waals surface area contributed by atoms with Gasteiger partial charge in [-0.05, 0) is 12.5 Å². The zero-order chi connectivity index (χ0) is 10.4. The van der Waals surface area contributed by atoms with Crippen LogP contribution in [0.4, 0.5) is 0 Å². The molecule has 14 heavy (non-hydrogen) atoms. The first-order valence-corrected chi connectivity index (χ1v) is 4.54. The molecule has 3 N–H and O–H groups in total. The number of hydrogen-bond donors (Lipinski definition) is 2. The van der Waals surface area contributed by atoms with E-state index in [0.29, 0.717) is 12.1 Å². The summed E-state index contributed by atoms with van der Waals surface area (Å²) in [5.74, 6) is -0.163. The number of nitrogens with one attached hydrogen (secondary N) is 1. The summed E-state index contributed by atoms with van der Waals surface area (Å²) in [6, 6.07) is 1.62. The molecule has 5 nitrogen and oxygen atoms in total. The molecule has 0 aromatic carbocycles. The molecule has 0 saturated heterocycles. The number of carbonyl (C=O) groups is 1. The second kappa shape index (κ2) is 5.29. The van der Waals surface area contributed by atoms with Gasteiger partial charge in [-0.25, -0.2) is 0 Å². The van der Waals surface area contributed by atoms with Crippen LogP contribution in [0.1, 0.15) is 23.7 Å². The van der Waals surface area contributed by atoms with E-state index >= 15 is 0 Å². The molecule has 1 aromatic heterocycles. The van der Waals surface area contributed by atoms with E-state index in [0.717, 1.165) is 6.42 Å². The van der Waals surface area contributed by atoms with E-state index in [1.54, 1.807) is 6.07 Å². The van der Waals surface area contributed by atoms with Crippen molar-refractivity contribution in [3.05, 3.63) is 24.0 Å². The van der Waals surface area contributed by atoms with E-state index < -0.39 is 0 Å². The molecule has 0 spiro atoms. The standard InChI is InChI=1S/C9H14N4O/c1-2-8(10)6-11-9(14)7-3-4-12-13-5-7/h3-5,8H,2,6,10H2,1H3,(H,11,14). The number of amides is 1. The van der Waals surface area contributed by atoms with Crippen LogP contribution in [0.5, 0.6) is 0 Å². The molecule has 1 rings (SSSR count). The third-order valence-corrected chi connectivity index (χ3v) is 1.90. The van der Waals surface area contributed by atoms with Gasteiger partial charge in [0.1, 0.15) is 0 Å². The van der Waals surface area contributed by atoms with Crippen LogP contribution in [0.25, 0.3) is 0 Å². The largest absolute Gasteiger partial charge is 0.350 e. The van der Waals surface area contributed by atoms with Crippen LogP contribution in [-0.2, 0) is 0 Å². The fraction of sp³-hybridized carbons (Fsp3) is 0.444. The average molecular weight is 194 g/mol. The number of nitrogens with two attached hydrogens (primary N) is 1. The monoisotopic (exact) mass is 194 g/mol. The van der Waals surface area contributed by atoms with Crippen molar-refractivity contribution in [3.8, 4) is 0 Å². The van der Waals surface area contributed by atoms with Gasteiger partial charge in [0.05, 0.1) is 18.0 Å². The molecule has 0 aliphatic carbocycles. The summed E-state index contributed by atoms with van der Waals surface area (Å²) < 4.78 is 0. The fourth-order valence-corrected chi connectivity index (χ4v) is 0.895. The highest BCUT2D eigenvalue weighted by atomic mass is 16.1. The van der Waals surface area contributed by atoms with Gasteiger partial charge in [-0.2, -0.15) is 10.2 Å². The van der Waals surface area contributed by atoms with Crippen LogP contribution in [-0.4, -0.2) is 28.7 Å². The summed E-state index contributed by atoms with van der Waals surface area (Å²) in [7, 11) is 0. The van der Waals surface area contributed by atoms with Gasteiger partial charge in [-0.3, -0.25) is 4.79 Å². The van der Waals surface area contributed by atoms with Crippen molar-refractivity contribution in [2.45, 2.75) is 19.4 Å². The molecule has 0 aliphatic rings. The van der Waals surface area contributed by atoms with E-state index in [1.165, 1.54) is 12.4 Å².